The maximum absolute atomic E-state index is 12.0. The van der Waals surface area contributed by atoms with E-state index >= 15 is 0 Å². The van der Waals surface area contributed by atoms with Crippen molar-refractivity contribution in [1.29, 1.82) is 0 Å². The third-order valence-corrected chi connectivity index (χ3v) is 2.26. The number of benzene rings is 1. The standard InChI is InChI=1S/C9H10BrF2N/c10-7-3-1-6(2-4-7)8(13)5-9(11)12/h1-4,8-9H,5,13H2. The first-order valence-corrected chi connectivity index (χ1v) is 4.68. The van der Waals surface area contributed by atoms with Gasteiger partial charge in [0, 0.05) is 16.9 Å². The lowest BCUT2D eigenvalue weighted by atomic mass is 10.1. The van der Waals surface area contributed by atoms with Crippen LogP contribution in [-0.2, 0) is 0 Å². The van der Waals surface area contributed by atoms with E-state index in [-0.39, 0.29) is 6.42 Å². The first-order chi connectivity index (χ1) is 6.09. The second-order valence-electron chi connectivity index (χ2n) is 2.78. The summed E-state index contributed by atoms with van der Waals surface area (Å²) in [5.41, 5.74) is 6.29. The van der Waals surface area contributed by atoms with E-state index in [0.717, 1.165) is 10.0 Å². The highest BCUT2D eigenvalue weighted by Gasteiger charge is 2.12. The fourth-order valence-electron chi connectivity index (χ4n) is 1.04. The molecule has 0 fully saturated rings. The molecule has 0 radical (unpaired) electrons. The van der Waals surface area contributed by atoms with Gasteiger partial charge in [0.15, 0.2) is 0 Å². The lowest BCUT2D eigenvalue weighted by molar-refractivity contribution is 0.128. The Kier molecular flexibility index (Phi) is 3.81. The van der Waals surface area contributed by atoms with Crippen molar-refractivity contribution in [3.63, 3.8) is 0 Å². The molecule has 4 heteroatoms. The van der Waals surface area contributed by atoms with Crippen LogP contribution in [0.2, 0.25) is 0 Å². The van der Waals surface area contributed by atoms with Crippen molar-refractivity contribution in [2.24, 2.45) is 5.73 Å². The predicted molar refractivity (Wildman–Crippen MR) is 51.7 cm³/mol. The summed E-state index contributed by atoms with van der Waals surface area (Å²) in [6.07, 6.45) is -2.64. The number of nitrogens with two attached hydrogens (primary N) is 1. The molecule has 13 heavy (non-hydrogen) atoms. The summed E-state index contributed by atoms with van der Waals surface area (Å²) in [6, 6.07) is 6.50. The normalized spacial score (nSPS) is 13.3. The van der Waals surface area contributed by atoms with Crippen LogP contribution >= 0.6 is 15.9 Å². The van der Waals surface area contributed by atoms with Crippen molar-refractivity contribution in [2.45, 2.75) is 18.9 Å². The van der Waals surface area contributed by atoms with Gasteiger partial charge in [-0.2, -0.15) is 0 Å². The molecule has 1 unspecified atom stereocenters. The fourth-order valence-corrected chi connectivity index (χ4v) is 1.30. The van der Waals surface area contributed by atoms with E-state index in [0.29, 0.717) is 0 Å². The Hall–Kier alpha value is -0.480. The van der Waals surface area contributed by atoms with Gasteiger partial charge in [0.05, 0.1) is 0 Å². The average Bonchev–Trinajstić information content (AvgIpc) is 2.04. The molecule has 0 aliphatic rings. The lowest BCUT2D eigenvalue weighted by Crippen LogP contribution is -2.13. The molecule has 0 bridgehead atoms. The quantitative estimate of drug-likeness (QED) is 0.876. The molecule has 0 aromatic heterocycles. The van der Waals surface area contributed by atoms with Crippen molar-refractivity contribution in [3.05, 3.63) is 34.3 Å². The lowest BCUT2D eigenvalue weighted by Gasteiger charge is -2.10. The van der Waals surface area contributed by atoms with E-state index in [9.17, 15) is 8.78 Å². The molecule has 0 heterocycles. The van der Waals surface area contributed by atoms with E-state index in [1.165, 1.54) is 0 Å². The summed E-state index contributed by atoms with van der Waals surface area (Å²) in [7, 11) is 0. The molecule has 2 N–H and O–H groups in total. The molecular formula is C9H10BrF2N. The van der Waals surface area contributed by atoms with Gasteiger partial charge in [0.2, 0.25) is 6.43 Å². The van der Waals surface area contributed by atoms with Gasteiger partial charge in [-0.15, -0.1) is 0 Å². The smallest absolute Gasteiger partial charge is 0.240 e. The summed E-state index contributed by atoms with van der Waals surface area (Å²) < 4.78 is 24.8. The highest BCUT2D eigenvalue weighted by Crippen LogP contribution is 2.19. The summed E-state index contributed by atoms with van der Waals surface area (Å²) in [5.74, 6) is 0. The number of alkyl halides is 2. The molecule has 1 aromatic rings. The van der Waals surface area contributed by atoms with E-state index in [1.54, 1.807) is 24.3 Å². The maximum Gasteiger partial charge on any atom is 0.240 e. The third-order valence-electron chi connectivity index (χ3n) is 1.73. The number of hydrogen-bond donors (Lipinski definition) is 1. The van der Waals surface area contributed by atoms with Gasteiger partial charge in [-0.25, -0.2) is 8.78 Å². The SMILES string of the molecule is NC(CC(F)F)c1ccc(Br)cc1. The Bertz CT molecular complexity index is 261. The zero-order valence-corrected chi connectivity index (χ0v) is 8.47. The Balaban J connectivity index is 2.66. The minimum absolute atomic E-state index is 0.290. The molecule has 1 nitrogen and oxygen atoms in total. The second kappa shape index (κ2) is 4.67. The number of halogens is 3. The van der Waals surface area contributed by atoms with Crippen molar-refractivity contribution in [3.8, 4) is 0 Å². The van der Waals surface area contributed by atoms with Crippen LogP contribution in [0.3, 0.4) is 0 Å². The van der Waals surface area contributed by atoms with Crippen molar-refractivity contribution >= 4 is 15.9 Å². The van der Waals surface area contributed by atoms with Crippen LogP contribution in [-0.4, -0.2) is 6.43 Å². The van der Waals surface area contributed by atoms with Gasteiger partial charge in [0.25, 0.3) is 0 Å². The van der Waals surface area contributed by atoms with Gasteiger partial charge in [-0.3, -0.25) is 0 Å². The summed E-state index contributed by atoms with van der Waals surface area (Å²) >= 11 is 3.26. The number of hydrogen-bond acceptors (Lipinski definition) is 1. The number of rotatable bonds is 3. The van der Waals surface area contributed by atoms with Crippen LogP contribution in [0, 0.1) is 0 Å². The average molecular weight is 250 g/mol. The first kappa shape index (κ1) is 10.6. The Morgan fingerprint density at radius 2 is 1.77 bits per heavy atom. The van der Waals surface area contributed by atoms with Crippen LogP contribution in [0.25, 0.3) is 0 Å². The van der Waals surface area contributed by atoms with Crippen molar-refractivity contribution in [1.82, 2.24) is 0 Å². The molecule has 0 saturated carbocycles. The van der Waals surface area contributed by atoms with Crippen LogP contribution < -0.4 is 5.73 Å². The topological polar surface area (TPSA) is 26.0 Å². The highest BCUT2D eigenvalue weighted by molar-refractivity contribution is 9.10. The zero-order valence-electron chi connectivity index (χ0n) is 6.88. The third kappa shape index (κ3) is 3.40. The fraction of sp³-hybridized carbons (Fsp3) is 0.333. The predicted octanol–water partition coefficient (Wildman–Crippen LogP) is 3.10. The molecule has 0 saturated heterocycles. The van der Waals surface area contributed by atoms with Gasteiger partial charge >= 0.3 is 0 Å². The summed E-state index contributed by atoms with van der Waals surface area (Å²) in [4.78, 5) is 0. The second-order valence-corrected chi connectivity index (χ2v) is 3.70. The highest BCUT2D eigenvalue weighted by atomic mass is 79.9. The Morgan fingerprint density at radius 1 is 1.23 bits per heavy atom. The van der Waals surface area contributed by atoms with E-state index in [2.05, 4.69) is 15.9 Å². The maximum atomic E-state index is 12.0. The molecular weight excluding hydrogens is 240 g/mol. The molecule has 1 rings (SSSR count). The van der Waals surface area contributed by atoms with Gasteiger partial charge in [-0.1, -0.05) is 28.1 Å². The van der Waals surface area contributed by atoms with E-state index in [1.807, 2.05) is 0 Å². The van der Waals surface area contributed by atoms with Crippen molar-refractivity contribution < 1.29 is 8.78 Å². The zero-order chi connectivity index (χ0) is 9.84. The molecule has 1 aromatic carbocycles. The largest absolute Gasteiger partial charge is 0.324 e. The van der Waals surface area contributed by atoms with Gasteiger partial charge < -0.3 is 5.73 Å². The summed E-state index contributed by atoms with van der Waals surface area (Å²) in [6.45, 7) is 0. The van der Waals surface area contributed by atoms with Crippen LogP contribution in [0.4, 0.5) is 8.78 Å². The molecule has 72 valence electrons. The van der Waals surface area contributed by atoms with Gasteiger partial charge in [-0.05, 0) is 17.7 Å². The Morgan fingerprint density at radius 3 is 2.23 bits per heavy atom. The van der Waals surface area contributed by atoms with Crippen LogP contribution in [0.5, 0.6) is 0 Å². The van der Waals surface area contributed by atoms with Crippen LogP contribution in [0.15, 0.2) is 28.7 Å². The minimum atomic E-state index is -2.35. The first-order valence-electron chi connectivity index (χ1n) is 3.89. The van der Waals surface area contributed by atoms with E-state index < -0.39 is 12.5 Å². The monoisotopic (exact) mass is 249 g/mol. The molecule has 0 spiro atoms. The van der Waals surface area contributed by atoms with E-state index in [4.69, 9.17) is 5.73 Å². The van der Waals surface area contributed by atoms with Crippen LogP contribution in [0.1, 0.15) is 18.0 Å². The molecule has 0 aliphatic heterocycles. The van der Waals surface area contributed by atoms with Crippen molar-refractivity contribution in [2.75, 3.05) is 0 Å². The molecule has 1 atom stereocenters. The summed E-state index contributed by atoms with van der Waals surface area (Å²) in [5, 5.41) is 0. The Labute approximate surface area is 84.1 Å². The molecule has 0 amide bonds. The minimum Gasteiger partial charge on any atom is -0.324 e. The molecule has 0 aliphatic carbocycles. The van der Waals surface area contributed by atoms with Gasteiger partial charge in [0.1, 0.15) is 0 Å².